The lowest BCUT2D eigenvalue weighted by Gasteiger charge is -2.24. The number of rotatable bonds is 5. The summed E-state index contributed by atoms with van der Waals surface area (Å²) in [6.07, 6.45) is -7.53. The maximum Gasteiger partial charge on any atom is 0.417 e. The van der Waals surface area contributed by atoms with Gasteiger partial charge in [-0.25, -0.2) is 18.7 Å². The summed E-state index contributed by atoms with van der Waals surface area (Å²) in [5.41, 5.74) is -0.819. The van der Waals surface area contributed by atoms with E-state index in [0.717, 1.165) is 16.9 Å². The minimum absolute atomic E-state index is 0.112. The zero-order chi connectivity index (χ0) is 24.0. The van der Waals surface area contributed by atoms with Crippen molar-refractivity contribution in [3.63, 3.8) is 0 Å². The molecule has 32 heavy (non-hydrogen) atoms. The summed E-state index contributed by atoms with van der Waals surface area (Å²) >= 11 is 3.05. The Bertz CT molecular complexity index is 1090. The summed E-state index contributed by atoms with van der Waals surface area (Å²) in [7, 11) is 0. The van der Waals surface area contributed by atoms with Crippen LogP contribution in [-0.4, -0.2) is 63.0 Å². The Morgan fingerprint density at radius 2 is 2.03 bits per heavy atom. The molecule has 1 unspecified atom stereocenters. The standard InChI is InChI=1S/C19H18BrF4N3O5/c1-3-32-17(29)15(16(28)13-4-9(21)6-26(13)18(30)31)27-7-10-11(19(22,23)24)5-12(20)8(2)14(10)25-27/h5,7,9,13,15H,3-4,6H2,1-2H3,(H,30,31)/t9-,13+,15?/m1/s1. The smallest absolute Gasteiger partial charge is 0.417 e. The minimum atomic E-state index is -4.75. The molecule has 1 N–H and O–H groups in total. The number of fused-ring (bicyclic) bond motifs is 1. The molecule has 174 valence electrons. The number of amides is 1. The van der Waals surface area contributed by atoms with Crippen LogP contribution in [0.3, 0.4) is 0 Å². The highest BCUT2D eigenvalue weighted by Crippen LogP contribution is 2.39. The van der Waals surface area contributed by atoms with Crippen LogP contribution in [-0.2, 0) is 20.5 Å². The number of aromatic nitrogens is 2. The molecule has 2 heterocycles. The molecule has 1 aromatic heterocycles. The van der Waals surface area contributed by atoms with E-state index in [2.05, 4.69) is 21.0 Å². The van der Waals surface area contributed by atoms with Crippen molar-refractivity contribution in [2.24, 2.45) is 0 Å². The molecule has 0 saturated carbocycles. The van der Waals surface area contributed by atoms with Gasteiger partial charge >= 0.3 is 18.2 Å². The lowest BCUT2D eigenvalue weighted by atomic mass is 10.0. The quantitative estimate of drug-likeness (QED) is 0.362. The van der Waals surface area contributed by atoms with Crippen LogP contribution in [0, 0.1) is 6.92 Å². The number of likely N-dealkylation sites (tertiary alicyclic amines) is 1. The monoisotopic (exact) mass is 523 g/mol. The Labute approximate surface area is 187 Å². The SMILES string of the molecule is CCOC(=O)C(C(=O)[C@@H]1C[C@@H](F)CN1C(=O)O)n1cc2c(C(F)(F)F)cc(Br)c(C)c2n1. The lowest BCUT2D eigenvalue weighted by Crippen LogP contribution is -2.45. The van der Waals surface area contributed by atoms with Gasteiger partial charge in [0.25, 0.3) is 0 Å². The van der Waals surface area contributed by atoms with Crippen LogP contribution in [0.4, 0.5) is 22.4 Å². The number of ketones is 1. The molecular formula is C19H18BrF4N3O5. The number of nitrogens with zero attached hydrogens (tertiary/aromatic N) is 3. The number of hydrogen-bond acceptors (Lipinski definition) is 5. The highest BCUT2D eigenvalue weighted by Gasteiger charge is 2.46. The molecule has 0 bridgehead atoms. The number of halogens is 5. The van der Waals surface area contributed by atoms with Crippen molar-refractivity contribution in [1.29, 1.82) is 0 Å². The number of carbonyl (C=O) groups is 3. The maximum absolute atomic E-state index is 13.9. The second-order valence-electron chi connectivity index (χ2n) is 7.24. The highest BCUT2D eigenvalue weighted by atomic mass is 79.9. The molecular weight excluding hydrogens is 506 g/mol. The van der Waals surface area contributed by atoms with Crippen LogP contribution < -0.4 is 0 Å². The molecule has 1 aliphatic heterocycles. The van der Waals surface area contributed by atoms with Gasteiger partial charge in [0.2, 0.25) is 6.04 Å². The van der Waals surface area contributed by atoms with Gasteiger partial charge in [-0.05, 0) is 25.5 Å². The fourth-order valence-corrected chi connectivity index (χ4v) is 4.10. The first-order chi connectivity index (χ1) is 14.9. The summed E-state index contributed by atoms with van der Waals surface area (Å²) in [5, 5.41) is 13.0. The van der Waals surface area contributed by atoms with E-state index in [-0.39, 0.29) is 22.0 Å². The number of hydrogen-bond donors (Lipinski definition) is 1. The van der Waals surface area contributed by atoms with Gasteiger partial charge in [0.1, 0.15) is 6.17 Å². The van der Waals surface area contributed by atoms with E-state index in [0.29, 0.717) is 10.5 Å². The van der Waals surface area contributed by atoms with Gasteiger partial charge in [-0.2, -0.15) is 18.3 Å². The third-order valence-electron chi connectivity index (χ3n) is 5.18. The Hall–Kier alpha value is -2.70. The molecule has 1 saturated heterocycles. The van der Waals surface area contributed by atoms with Crippen LogP contribution in [0.1, 0.15) is 30.5 Å². The largest absolute Gasteiger partial charge is 0.465 e. The van der Waals surface area contributed by atoms with Crippen LogP contribution in [0.5, 0.6) is 0 Å². The molecule has 8 nitrogen and oxygen atoms in total. The van der Waals surface area contributed by atoms with Gasteiger partial charge in [-0.1, -0.05) is 15.9 Å². The molecule has 13 heteroatoms. The molecule has 1 aliphatic rings. The number of Topliss-reactive ketones (excluding diaryl/α,β-unsaturated/α-hetero) is 1. The Morgan fingerprint density at radius 1 is 1.38 bits per heavy atom. The first-order valence-electron chi connectivity index (χ1n) is 9.45. The third-order valence-corrected chi connectivity index (χ3v) is 6.00. The summed E-state index contributed by atoms with van der Waals surface area (Å²) in [6, 6.07) is -2.54. The van der Waals surface area contributed by atoms with E-state index in [1.807, 2.05) is 0 Å². The second kappa shape index (κ2) is 8.68. The number of alkyl halides is 4. The van der Waals surface area contributed by atoms with E-state index < -0.39 is 60.8 Å². The van der Waals surface area contributed by atoms with E-state index in [4.69, 9.17) is 4.74 Å². The van der Waals surface area contributed by atoms with Crippen molar-refractivity contribution in [3.8, 4) is 0 Å². The first kappa shape index (κ1) is 24.0. The Kier molecular flexibility index (Phi) is 6.50. The number of carboxylic acid groups (broad SMARTS) is 1. The first-order valence-corrected chi connectivity index (χ1v) is 10.2. The van der Waals surface area contributed by atoms with Crippen molar-refractivity contribution in [1.82, 2.24) is 14.7 Å². The minimum Gasteiger partial charge on any atom is -0.465 e. The maximum atomic E-state index is 13.9. The summed E-state index contributed by atoms with van der Waals surface area (Å²) in [4.78, 5) is 37.8. The molecule has 2 aromatic rings. The van der Waals surface area contributed by atoms with Gasteiger partial charge < -0.3 is 9.84 Å². The zero-order valence-electron chi connectivity index (χ0n) is 16.8. The number of carbonyl (C=O) groups excluding carboxylic acids is 2. The fourth-order valence-electron chi connectivity index (χ4n) is 3.68. The normalized spacial score (nSPS) is 19.9. The van der Waals surface area contributed by atoms with Crippen LogP contribution >= 0.6 is 15.9 Å². The molecule has 1 aromatic carbocycles. The highest BCUT2D eigenvalue weighted by molar-refractivity contribution is 9.10. The fraction of sp³-hybridized carbons (Fsp3) is 0.474. The second-order valence-corrected chi connectivity index (χ2v) is 8.10. The predicted molar refractivity (Wildman–Crippen MR) is 106 cm³/mol. The van der Waals surface area contributed by atoms with E-state index in [9.17, 15) is 37.1 Å². The average Bonchev–Trinajstić information content (AvgIpc) is 3.28. The van der Waals surface area contributed by atoms with Crippen molar-refractivity contribution in [2.45, 2.75) is 44.7 Å². The Balaban J connectivity index is 2.16. The number of aryl methyl sites for hydroxylation is 1. The van der Waals surface area contributed by atoms with Crippen molar-refractivity contribution in [3.05, 3.63) is 27.9 Å². The van der Waals surface area contributed by atoms with Gasteiger partial charge in [0.15, 0.2) is 5.78 Å². The molecule has 3 rings (SSSR count). The number of esters is 1. The van der Waals surface area contributed by atoms with Gasteiger partial charge in [0, 0.05) is 22.5 Å². The molecule has 3 atom stereocenters. The molecule has 0 radical (unpaired) electrons. The van der Waals surface area contributed by atoms with Crippen molar-refractivity contribution in [2.75, 3.05) is 13.2 Å². The van der Waals surface area contributed by atoms with Crippen molar-refractivity contribution < 1.29 is 41.8 Å². The summed E-state index contributed by atoms with van der Waals surface area (Å²) in [5.74, 6) is -2.17. The number of benzene rings is 1. The van der Waals surface area contributed by atoms with Gasteiger partial charge in [-0.15, -0.1) is 0 Å². The van der Waals surface area contributed by atoms with Crippen LogP contribution in [0.15, 0.2) is 16.7 Å². The molecule has 0 aliphatic carbocycles. The number of ether oxygens (including phenoxy) is 1. The molecule has 0 spiro atoms. The van der Waals surface area contributed by atoms with E-state index >= 15 is 0 Å². The van der Waals surface area contributed by atoms with E-state index in [1.165, 1.54) is 13.8 Å². The summed E-state index contributed by atoms with van der Waals surface area (Å²) < 4.78 is 60.4. The van der Waals surface area contributed by atoms with Crippen LogP contribution in [0.2, 0.25) is 0 Å². The zero-order valence-corrected chi connectivity index (χ0v) is 18.4. The topological polar surface area (TPSA) is 102 Å². The van der Waals surface area contributed by atoms with Crippen molar-refractivity contribution >= 4 is 44.7 Å². The average molecular weight is 524 g/mol. The third kappa shape index (κ3) is 4.30. The van der Waals surface area contributed by atoms with Crippen LogP contribution in [0.25, 0.3) is 10.9 Å². The van der Waals surface area contributed by atoms with Gasteiger partial charge in [0.05, 0.1) is 30.3 Å². The molecule has 1 fully saturated rings. The Morgan fingerprint density at radius 3 is 2.59 bits per heavy atom. The molecule has 1 amide bonds. The van der Waals surface area contributed by atoms with E-state index in [1.54, 1.807) is 0 Å². The summed E-state index contributed by atoms with van der Waals surface area (Å²) in [6.45, 7) is 2.24. The lowest BCUT2D eigenvalue weighted by molar-refractivity contribution is -0.152. The van der Waals surface area contributed by atoms with Gasteiger partial charge in [-0.3, -0.25) is 9.69 Å². The predicted octanol–water partition coefficient (Wildman–Crippen LogP) is 3.89.